The van der Waals surface area contributed by atoms with Crippen LogP contribution in [0.3, 0.4) is 0 Å². The fraction of sp³-hybridized carbons (Fsp3) is 0.267. The van der Waals surface area contributed by atoms with Gasteiger partial charge >= 0.3 is 5.97 Å². The zero-order valence-electron chi connectivity index (χ0n) is 19.9. The van der Waals surface area contributed by atoms with Crippen LogP contribution in [-0.4, -0.2) is 30.2 Å². The normalized spacial score (nSPS) is 25.9. The molecular formula is C30H24BrNO5. The number of Topliss-reactive ketones (excluding diaryl/α,β-unsaturated/α-hetero) is 1. The molecule has 2 saturated carbocycles. The summed E-state index contributed by atoms with van der Waals surface area (Å²) >= 11 is 3.32. The highest BCUT2D eigenvalue weighted by atomic mass is 79.9. The van der Waals surface area contributed by atoms with Crippen LogP contribution in [0.2, 0.25) is 0 Å². The highest BCUT2D eigenvalue weighted by Crippen LogP contribution is 2.61. The van der Waals surface area contributed by atoms with Gasteiger partial charge in [-0.25, -0.2) is 4.79 Å². The molecule has 5 atom stereocenters. The van der Waals surface area contributed by atoms with Crippen LogP contribution in [0.5, 0.6) is 0 Å². The molecular weight excluding hydrogens is 534 g/mol. The predicted octanol–water partition coefficient (Wildman–Crippen LogP) is 5.42. The van der Waals surface area contributed by atoms with Gasteiger partial charge in [-0.15, -0.1) is 0 Å². The zero-order valence-corrected chi connectivity index (χ0v) is 21.5. The molecule has 0 N–H and O–H groups in total. The molecule has 3 aliphatic rings. The molecule has 1 aliphatic heterocycles. The number of halogens is 1. The average molecular weight is 558 g/mol. The molecule has 3 aromatic carbocycles. The molecule has 7 heteroatoms. The van der Waals surface area contributed by atoms with Crippen molar-refractivity contribution in [2.45, 2.75) is 18.8 Å². The third kappa shape index (κ3) is 4.11. The fourth-order valence-corrected chi connectivity index (χ4v) is 6.77. The third-order valence-electron chi connectivity index (χ3n) is 8.08. The zero-order chi connectivity index (χ0) is 25.7. The van der Waals surface area contributed by atoms with Crippen molar-refractivity contribution in [1.29, 1.82) is 0 Å². The first kappa shape index (κ1) is 23.8. The fourth-order valence-electron chi connectivity index (χ4n) is 6.50. The van der Waals surface area contributed by atoms with E-state index in [1.54, 1.807) is 42.5 Å². The van der Waals surface area contributed by atoms with Gasteiger partial charge in [0, 0.05) is 10.0 Å². The molecule has 2 bridgehead atoms. The molecule has 0 spiro atoms. The summed E-state index contributed by atoms with van der Waals surface area (Å²) < 4.78 is 6.08. The molecule has 0 unspecified atom stereocenters. The van der Waals surface area contributed by atoms with E-state index in [0.717, 1.165) is 17.3 Å². The number of fused-ring (bicyclic) bond motifs is 5. The lowest BCUT2D eigenvalue weighted by Crippen LogP contribution is -2.33. The number of ether oxygens (including phenoxy) is 1. The maximum atomic E-state index is 13.6. The molecule has 3 fully saturated rings. The summed E-state index contributed by atoms with van der Waals surface area (Å²) in [5.74, 6) is -1.35. The van der Waals surface area contributed by atoms with Crippen molar-refractivity contribution in [3.05, 3.63) is 100 Å². The van der Waals surface area contributed by atoms with Gasteiger partial charge in [-0.3, -0.25) is 19.3 Å². The van der Waals surface area contributed by atoms with Crippen molar-refractivity contribution < 1.29 is 23.9 Å². The van der Waals surface area contributed by atoms with Gasteiger partial charge in [-0.05, 0) is 66.5 Å². The largest absolute Gasteiger partial charge is 0.454 e. The number of imide groups is 1. The minimum absolute atomic E-state index is 0.150. The number of nitrogens with zero attached hydrogens (tertiary/aromatic N) is 1. The first-order valence-electron chi connectivity index (χ1n) is 12.4. The Bertz CT molecular complexity index is 1400. The van der Waals surface area contributed by atoms with Crippen molar-refractivity contribution in [2.75, 3.05) is 11.5 Å². The molecule has 2 amide bonds. The van der Waals surface area contributed by atoms with Gasteiger partial charge in [0.05, 0.1) is 23.1 Å². The van der Waals surface area contributed by atoms with Crippen molar-refractivity contribution >= 4 is 45.2 Å². The molecule has 0 radical (unpaired) electrons. The number of carbonyl (C=O) groups excluding carboxylic acids is 4. The highest BCUT2D eigenvalue weighted by molar-refractivity contribution is 9.10. The summed E-state index contributed by atoms with van der Waals surface area (Å²) in [5, 5.41) is 0. The van der Waals surface area contributed by atoms with Gasteiger partial charge in [0.25, 0.3) is 0 Å². The number of esters is 1. The van der Waals surface area contributed by atoms with E-state index in [4.69, 9.17) is 4.74 Å². The number of anilines is 1. The van der Waals surface area contributed by atoms with E-state index in [0.29, 0.717) is 11.3 Å². The third-order valence-corrected chi connectivity index (χ3v) is 8.61. The molecule has 37 heavy (non-hydrogen) atoms. The predicted molar refractivity (Wildman–Crippen MR) is 140 cm³/mol. The number of amides is 2. The summed E-state index contributed by atoms with van der Waals surface area (Å²) in [6, 6.07) is 23.4. The smallest absolute Gasteiger partial charge is 0.338 e. The number of rotatable bonds is 6. The van der Waals surface area contributed by atoms with Gasteiger partial charge in [0.2, 0.25) is 11.8 Å². The Labute approximate surface area is 222 Å². The van der Waals surface area contributed by atoms with Crippen LogP contribution in [0.4, 0.5) is 5.69 Å². The Balaban J connectivity index is 1.18. The Kier molecular flexibility index (Phi) is 6.03. The molecule has 186 valence electrons. The summed E-state index contributed by atoms with van der Waals surface area (Å²) in [6.07, 6.45) is 1.82. The van der Waals surface area contributed by atoms with E-state index >= 15 is 0 Å². The van der Waals surface area contributed by atoms with Crippen molar-refractivity contribution in [2.24, 2.45) is 23.7 Å². The SMILES string of the molecule is O=C(COC(=O)c1cccc(N2C(=O)[C@@H]3[C@@H]4C[C@H]([C@H]3C2=O)[C@H](c2ccccc2)C4)c1)c1ccc(Br)cc1. The quantitative estimate of drug-likeness (QED) is 0.230. The maximum Gasteiger partial charge on any atom is 0.338 e. The van der Waals surface area contributed by atoms with Crippen LogP contribution in [0, 0.1) is 23.7 Å². The van der Waals surface area contributed by atoms with E-state index < -0.39 is 12.6 Å². The first-order valence-corrected chi connectivity index (χ1v) is 13.2. The van der Waals surface area contributed by atoms with E-state index in [2.05, 4.69) is 28.1 Å². The van der Waals surface area contributed by atoms with Crippen LogP contribution < -0.4 is 4.90 Å². The second-order valence-electron chi connectivity index (χ2n) is 10.0. The summed E-state index contributed by atoms with van der Waals surface area (Å²) in [4.78, 5) is 53.4. The van der Waals surface area contributed by atoms with Gasteiger partial charge in [0.1, 0.15) is 0 Å². The van der Waals surface area contributed by atoms with Crippen LogP contribution in [0.25, 0.3) is 0 Å². The number of carbonyl (C=O) groups is 4. The second-order valence-corrected chi connectivity index (χ2v) is 10.9. The van der Waals surface area contributed by atoms with Crippen molar-refractivity contribution in [3.8, 4) is 0 Å². The number of benzene rings is 3. The van der Waals surface area contributed by atoms with E-state index in [-0.39, 0.29) is 52.8 Å². The Morgan fingerprint density at radius 1 is 0.838 bits per heavy atom. The Morgan fingerprint density at radius 2 is 1.57 bits per heavy atom. The van der Waals surface area contributed by atoms with Gasteiger partial charge in [-0.2, -0.15) is 0 Å². The maximum absolute atomic E-state index is 13.6. The van der Waals surface area contributed by atoms with Crippen LogP contribution >= 0.6 is 15.9 Å². The Hall–Kier alpha value is -3.58. The first-order chi connectivity index (χ1) is 17.9. The molecule has 6 rings (SSSR count). The van der Waals surface area contributed by atoms with Crippen LogP contribution in [-0.2, 0) is 14.3 Å². The van der Waals surface area contributed by atoms with Crippen LogP contribution in [0.1, 0.15) is 45.0 Å². The Morgan fingerprint density at radius 3 is 2.32 bits per heavy atom. The monoisotopic (exact) mass is 557 g/mol. The second kappa shape index (κ2) is 9.38. The summed E-state index contributed by atoms with van der Waals surface area (Å²) in [7, 11) is 0. The van der Waals surface area contributed by atoms with Gasteiger partial charge in [0.15, 0.2) is 12.4 Å². The minimum Gasteiger partial charge on any atom is -0.454 e. The number of hydrogen-bond donors (Lipinski definition) is 0. The lowest BCUT2D eigenvalue weighted by Gasteiger charge is -2.28. The highest BCUT2D eigenvalue weighted by Gasteiger charge is 2.64. The molecule has 0 aromatic heterocycles. The van der Waals surface area contributed by atoms with Gasteiger partial charge < -0.3 is 4.74 Å². The van der Waals surface area contributed by atoms with Crippen molar-refractivity contribution in [3.63, 3.8) is 0 Å². The van der Waals surface area contributed by atoms with Crippen molar-refractivity contribution in [1.82, 2.24) is 0 Å². The number of ketones is 1. The topological polar surface area (TPSA) is 80.8 Å². The lowest BCUT2D eigenvalue weighted by atomic mass is 9.73. The summed E-state index contributed by atoms with van der Waals surface area (Å²) in [5.41, 5.74) is 2.22. The van der Waals surface area contributed by atoms with Crippen LogP contribution in [0.15, 0.2) is 83.3 Å². The molecule has 3 aromatic rings. The van der Waals surface area contributed by atoms with E-state index in [9.17, 15) is 19.2 Å². The summed E-state index contributed by atoms with van der Waals surface area (Å²) in [6.45, 7) is -0.402. The molecule has 1 heterocycles. The van der Waals surface area contributed by atoms with E-state index in [1.807, 2.05) is 18.2 Å². The standard InChI is InChI=1S/C30H24BrNO5/c31-21-11-9-18(10-12-21)25(33)16-37-30(36)19-7-4-8-22(13-19)32-28(34)26-20-14-23(17-5-2-1-3-6-17)24(15-20)27(26)29(32)35/h1-13,20,23-24,26-27H,14-16H2/t20-,23-,24-,26+,27+/m0/s1. The lowest BCUT2D eigenvalue weighted by molar-refractivity contribution is -0.123. The number of hydrogen-bond acceptors (Lipinski definition) is 5. The van der Waals surface area contributed by atoms with Gasteiger partial charge in [-0.1, -0.05) is 64.5 Å². The molecule has 2 aliphatic carbocycles. The average Bonchev–Trinajstić information content (AvgIpc) is 3.59. The minimum atomic E-state index is -0.684. The molecule has 6 nitrogen and oxygen atoms in total. The van der Waals surface area contributed by atoms with E-state index in [1.165, 1.54) is 16.5 Å². The molecule has 1 saturated heterocycles.